The molecule has 1 saturated carbocycles. The molecule has 0 bridgehead atoms. The maximum atomic E-state index is 9.74. The highest BCUT2D eigenvalue weighted by atomic mass is 35.5. The van der Waals surface area contributed by atoms with E-state index in [1.165, 1.54) is 0 Å². The largest absolute Gasteiger partial charge is 0.383 e. The van der Waals surface area contributed by atoms with Crippen LogP contribution in [0.25, 0.3) is 11.1 Å². The third-order valence-corrected chi connectivity index (χ3v) is 7.66. The lowest BCUT2D eigenvalue weighted by molar-refractivity contribution is 0.0456. The predicted octanol–water partition coefficient (Wildman–Crippen LogP) is 5.48. The maximum Gasteiger partial charge on any atom is 0.126 e. The Balaban J connectivity index is 1.37. The second kappa shape index (κ2) is 12.7. The summed E-state index contributed by atoms with van der Waals surface area (Å²) in [5.74, 6) is 0.850. The first-order valence-corrected chi connectivity index (χ1v) is 13.4. The van der Waals surface area contributed by atoms with Crippen molar-refractivity contribution < 1.29 is 9.47 Å². The zero-order valence-electron chi connectivity index (χ0n) is 21.4. The molecule has 194 valence electrons. The number of aromatic nitrogens is 1. The molecule has 8 heteroatoms. The molecule has 1 aromatic carbocycles. The molecule has 7 nitrogen and oxygen atoms in total. The predicted molar refractivity (Wildman–Crippen MR) is 145 cm³/mol. The van der Waals surface area contributed by atoms with Gasteiger partial charge < -0.3 is 25.4 Å². The standard InChI is InChI=1S/C28H38ClN5O2/c1-20(17-35-2)33-22-6-8-23(9-7-22)34-27-15-25(26(29)16-31-27)21-4-3-5-24(14-21)32-19-28(18-30)10-12-36-13-11-28/h3-5,14-16,20,22-23,32-33H,6-13,17,19H2,1-2H3,(H,31,34)/t20-,22-,23-/m1/s1. The van der Waals surface area contributed by atoms with Crippen LogP contribution in [-0.2, 0) is 9.47 Å². The van der Waals surface area contributed by atoms with Gasteiger partial charge in [0.05, 0.1) is 23.1 Å². The average Bonchev–Trinajstić information content (AvgIpc) is 2.90. The van der Waals surface area contributed by atoms with Gasteiger partial charge in [0.25, 0.3) is 0 Å². The fourth-order valence-electron chi connectivity index (χ4n) is 5.21. The number of nitrogens with zero attached hydrogens (tertiary/aromatic N) is 2. The molecule has 1 aromatic heterocycles. The Morgan fingerprint density at radius 2 is 1.94 bits per heavy atom. The molecule has 2 heterocycles. The number of hydrogen-bond acceptors (Lipinski definition) is 7. The number of benzene rings is 1. The Morgan fingerprint density at radius 3 is 2.67 bits per heavy atom. The molecule has 1 aliphatic carbocycles. The molecule has 1 saturated heterocycles. The minimum Gasteiger partial charge on any atom is -0.383 e. The van der Waals surface area contributed by atoms with E-state index in [1.54, 1.807) is 13.3 Å². The smallest absolute Gasteiger partial charge is 0.126 e. The Hall–Kier alpha value is -2.37. The first kappa shape index (κ1) is 26.7. The summed E-state index contributed by atoms with van der Waals surface area (Å²) < 4.78 is 10.7. The minimum atomic E-state index is -0.379. The number of pyridine rings is 1. The Labute approximate surface area is 219 Å². The number of nitrogens with one attached hydrogen (secondary N) is 3. The van der Waals surface area contributed by atoms with Crippen molar-refractivity contribution in [3.05, 3.63) is 41.6 Å². The Morgan fingerprint density at radius 1 is 1.19 bits per heavy atom. The second-order valence-electron chi connectivity index (χ2n) is 10.2. The van der Waals surface area contributed by atoms with Crippen molar-refractivity contribution in [3.8, 4) is 17.2 Å². The fourth-order valence-corrected chi connectivity index (χ4v) is 5.42. The summed E-state index contributed by atoms with van der Waals surface area (Å²) in [6, 6.07) is 14.1. The van der Waals surface area contributed by atoms with Crippen molar-refractivity contribution in [2.75, 3.05) is 44.1 Å². The summed E-state index contributed by atoms with van der Waals surface area (Å²) in [7, 11) is 1.75. The first-order chi connectivity index (χ1) is 17.5. The Kier molecular flexibility index (Phi) is 9.44. The van der Waals surface area contributed by atoms with Crippen LogP contribution in [0, 0.1) is 16.7 Å². The summed E-state index contributed by atoms with van der Waals surface area (Å²) in [5, 5.41) is 21.1. The molecular weight excluding hydrogens is 474 g/mol. The molecule has 0 amide bonds. The third-order valence-electron chi connectivity index (χ3n) is 7.36. The molecule has 1 aliphatic heterocycles. The molecule has 3 N–H and O–H groups in total. The molecule has 0 unspecified atom stereocenters. The van der Waals surface area contributed by atoms with Gasteiger partial charge in [0.2, 0.25) is 0 Å². The van der Waals surface area contributed by atoms with Crippen LogP contribution in [0.15, 0.2) is 36.5 Å². The van der Waals surface area contributed by atoms with E-state index in [0.29, 0.717) is 42.9 Å². The molecule has 1 atom stereocenters. The third kappa shape index (κ3) is 7.10. The number of ether oxygens (including phenoxy) is 2. The number of rotatable bonds is 10. The van der Waals surface area contributed by atoms with Crippen LogP contribution in [0.5, 0.6) is 0 Å². The second-order valence-corrected chi connectivity index (χ2v) is 10.6. The van der Waals surface area contributed by atoms with Gasteiger partial charge in [0.1, 0.15) is 5.82 Å². The normalized spacial score (nSPS) is 22.4. The SMILES string of the molecule is COC[C@@H](C)N[C@H]1CC[C@H](Nc2cc(-c3cccc(NCC4(C#N)CCOCC4)c3)c(Cl)cn2)CC1. The fraction of sp³-hybridized carbons (Fsp3) is 0.571. The van der Waals surface area contributed by atoms with Crippen LogP contribution >= 0.6 is 11.6 Å². The van der Waals surface area contributed by atoms with Crippen LogP contribution in [-0.4, -0.2) is 56.6 Å². The van der Waals surface area contributed by atoms with E-state index in [2.05, 4.69) is 46.1 Å². The summed E-state index contributed by atoms with van der Waals surface area (Å²) in [6.07, 6.45) is 7.71. The van der Waals surface area contributed by atoms with E-state index in [4.69, 9.17) is 21.1 Å². The maximum absolute atomic E-state index is 9.74. The molecular formula is C28H38ClN5O2. The summed E-state index contributed by atoms with van der Waals surface area (Å²) >= 11 is 6.58. The monoisotopic (exact) mass is 511 g/mol. The minimum absolute atomic E-state index is 0.373. The van der Waals surface area contributed by atoms with Gasteiger partial charge in [-0.15, -0.1) is 0 Å². The van der Waals surface area contributed by atoms with Gasteiger partial charge in [0, 0.05) is 62.4 Å². The lowest BCUT2D eigenvalue weighted by Gasteiger charge is -2.32. The summed E-state index contributed by atoms with van der Waals surface area (Å²) in [5.41, 5.74) is 2.57. The van der Waals surface area contributed by atoms with Crippen LogP contribution in [0.2, 0.25) is 5.02 Å². The van der Waals surface area contributed by atoms with Gasteiger partial charge >= 0.3 is 0 Å². The molecule has 0 radical (unpaired) electrons. The zero-order chi connectivity index (χ0) is 25.4. The van der Waals surface area contributed by atoms with Gasteiger partial charge in [-0.1, -0.05) is 23.7 Å². The van der Waals surface area contributed by atoms with Crippen molar-refractivity contribution in [1.29, 1.82) is 5.26 Å². The average molecular weight is 512 g/mol. The number of hydrogen-bond donors (Lipinski definition) is 3. The van der Waals surface area contributed by atoms with Crippen molar-refractivity contribution >= 4 is 23.1 Å². The quantitative estimate of drug-likeness (QED) is 0.389. The molecule has 2 fully saturated rings. The van der Waals surface area contributed by atoms with E-state index in [-0.39, 0.29) is 5.41 Å². The first-order valence-electron chi connectivity index (χ1n) is 13.0. The van der Waals surface area contributed by atoms with Gasteiger partial charge in [-0.3, -0.25) is 0 Å². The van der Waals surface area contributed by atoms with Gasteiger partial charge in [-0.2, -0.15) is 5.26 Å². The number of methoxy groups -OCH3 is 1. The van der Waals surface area contributed by atoms with Crippen molar-refractivity contribution in [2.45, 2.75) is 63.6 Å². The van der Waals surface area contributed by atoms with Gasteiger partial charge in [0.15, 0.2) is 0 Å². The van der Waals surface area contributed by atoms with Crippen LogP contribution < -0.4 is 16.0 Å². The number of anilines is 2. The van der Waals surface area contributed by atoms with Crippen molar-refractivity contribution in [1.82, 2.24) is 10.3 Å². The van der Waals surface area contributed by atoms with E-state index < -0.39 is 0 Å². The Bertz CT molecular complexity index is 1030. The van der Waals surface area contributed by atoms with Crippen LogP contribution in [0.4, 0.5) is 11.5 Å². The molecule has 4 rings (SSSR count). The molecule has 36 heavy (non-hydrogen) atoms. The highest BCUT2D eigenvalue weighted by molar-refractivity contribution is 6.33. The van der Waals surface area contributed by atoms with E-state index in [1.807, 2.05) is 18.2 Å². The molecule has 2 aliphatic rings. The van der Waals surface area contributed by atoms with E-state index >= 15 is 0 Å². The number of nitriles is 1. The zero-order valence-corrected chi connectivity index (χ0v) is 22.1. The van der Waals surface area contributed by atoms with E-state index in [0.717, 1.165) is 67.8 Å². The lowest BCUT2D eigenvalue weighted by atomic mass is 9.81. The van der Waals surface area contributed by atoms with Crippen molar-refractivity contribution in [3.63, 3.8) is 0 Å². The van der Waals surface area contributed by atoms with Gasteiger partial charge in [-0.25, -0.2) is 4.98 Å². The number of halogens is 1. The van der Waals surface area contributed by atoms with Crippen LogP contribution in [0.1, 0.15) is 45.4 Å². The molecule has 2 aromatic rings. The molecule has 0 spiro atoms. The summed E-state index contributed by atoms with van der Waals surface area (Å²) in [4.78, 5) is 4.55. The van der Waals surface area contributed by atoms with E-state index in [9.17, 15) is 5.26 Å². The summed E-state index contributed by atoms with van der Waals surface area (Å²) in [6.45, 7) is 4.80. The highest BCUT2D eigenvalue weighted by Gasteiger charge is 2.32. The van der Waals surface area contributed by atoms with Gasteiger partial charge in [-0.05, 0) is 69.2 Å². The van der Waals surface area contributed by atoms with Crippen molar-refractivity contribution in [2.24, 2.45) is 5.41 Å². The lowest BCUT2D eigenvalue weighted by Crippen LogP contribution is -2.42. The topological polar surface area (TPSA) is 91.2 Å². The highest BCUT2D eigenvalue weighted by Crippen LogP contribution is 2.33. The van der Waals surface area contributed by atoms with Crippen LogP contribution in [0.3, 0.4) is 0 Å².